The Bertz CT molecular complexity index is 865. The Morgan fingerprint density at radius 2 is 2.00 bits per heavy atom. The summed E-state index contributed by atoms with van der Waals surface area (Å²) < 4.78 is 13.2. The van der Waals surface area contributed by atoms with E-state index in [1.165, 1.54) is 18.6 Å². The van der Waals surface area contributed by atoms with Gasteiger partial charge >= 0.3 is 0 Å². The lowest BCUT2D eigenvalue weighted by atomic mass is 9.89. The third-order valence-corrected chi connectivity index (χ3v) is 5.35. The highest BCUT2D eigenvalue weighted by atomic mass is 19.1. The molecule has 3 atom stereocenters. The molecule has 0 N–H and O–H groups in total. The van der Waals surface area contributed by atoms with Crippen molar-refractivity contribution in [3.05, 3.63) is 65.2 Å². The molecule has 0 bridgehead atoms. The monoisotopic (exact) mass is 334 g/mol. The van der Waals surface area contributed by atoms with Crippen LogP contribution in [0.3, 0.4) is 0 Å². The fraction of sp³-hybridized carbons (Fsp3) is 0.333. The van der Waals surface area contributed by atoms with Gasteiger partial charge in [0.25, 0.3) is 0 Å². The maximum absolute atomic E-state index is 13.2. The molecule has 2 heterocycles. The number of amides is 1. The zero-order valence-electron chi connectivity index (χ0n) is 14.1. The van der Waals surface area contributed by atoms with Gasteiger partial charge < -0.3 is 4.90 Å². The van der Waals surface area contributed by atoms with Crippen LogP contribution in [0.5, 0.6) is 0 Å². The molecule has 1 saturated carbocycles. The van der Waals surface area contributed by atoms with Crippen molar-refractivity contribution >= 4 is 5.91 Å². The topological polar surface area (TPSA) is 33.2 Å². The molecule has 2 aromatic rings. The molecule has 2 aliphatic rings. The van der Waals surface area contributed by atoms with Gasteiger partial charge in [0, 0.05) is 30.4 Å². The standard InChI is InChI=1S/C21H19FN2O/c1-24-19-7-3-6-17(19)20(21(24)25)18-11-10-15(13-23-18)9-8-14-4-2-5-16(22)12-14/h2,4-5,10-13,17,19-20H,3,6-7H2,1H3/t17-,19?,20-/m1/s1. The van der Waals surface area contributed by atoms with Crippen LogP contribution in [0.2, 0.25) is 0 Å². The molecule has 3 nitrogen and oxygen atoms in total. The van der Waals surface area contributed by atoms with Crippen LogP contribution in [0.4, 0.5) is 4.39 Å². The Balaban J connectivity index is 1.56. The second-order valence-electron chi connectivity index (χ2n) is 6.82. The van der Waals surface area contributed by atoms with Crippen molar-refractivity contribution in [2.75, 3.05) is 7.05 Å². The minimum atomic E-state index is -0.296. The highest BCUT2D eigenvalue weighted by Gasteiger charge is 2.49. The number of nitrogens with zero attached hydrogens (tertiary/aromatic N) is 2. The van der Waals surface area contributed by atoms with E-state index < -0.39 is 0 Å². The molecule has 1 aliphatic carbocycles. The van der Waals surface area contributed by atoms with E-state index in [1.54, 1.807) is 18.3 Å². The van der Waals surface area contributed by atoms with Gasteiger partial charge in [0.05, 0.1) is 11.6 Å². The van der Waals surface area contributed by atoms with Crippen LogP contribution in [-0.4, -0.2) is 28.9 Å². The van der Waals surface area contributed by atoms with Crippen LogP contribution in [0.15, 0.2) is 42.6 Å². The lowest BCUT2D eigenvalue weighted by Crippen LogP contribution is -2.29. The van der Waals surface area contributed by atoms with Gasteiger partial charge in [-0.1, -0.05) is 24.3 Å². The van der Waals surface area contributed by atoms with Crippen molar-refractivity contribution < 1.29 is 9.18 Å². The molecule has 1 unspecified atom stereocenters. The van der Waals surface area contributed by atoms with Crippen LogP contribution in [0.1, 0.15) is 42.0 Å². The van der Waals surface area contributed by atoms with E-state index in [0.29, 0.717) is 17.5 Å². The minimum Gasteiger partial charge on any atom is -0.342 e. The first kappa shape index (κ1) is 15.8. The molecular formula is C21H19FN2O. The molecule has 1 aromatic carbocycles. The summed E-state index contributed by atoms with van der Waals surface area (Å²) in [6, 6.07) is 10.4. The normalized spacial score (nSPS) is 24.8. The molecule has 1 saturated heterocycles. The van der Waals surface area contributed by atoms with Gasteiger partial charge in [0.2, 0.25) is 5.91 Å². The Morgan fingerprint density at radius 1 is 1.16 bits per heavy atom. The smallest absolute Gasteiger partial charge is 0.232 e. The van der Waals surface area contributed by atoms with Crippen molar-refractivity contribution in [1.82, 2.24) is 9.88 Å². The van der Waals surface area contributed by atoms with Crippen LogP contribution in [-0.2, 0) is 4.79 Å². The van der Waals surface area contributed by atoms with E-state index >= 15 is 0 Å². The van der Waals surface area contributed by atoms with Crippen LogP contribution >= 0.6 is 0 Å². The number of fused-ring (bicyclic) bond motifs is 1. The average molecular weight is 334 g/mol. The maximum Gasteiger partial charge on any atom is 0.232 e. The van der Waals surface area contributed by atoms with Crippen LogP contribution in [0.25, 0.3) is 0 Å². The molecule has 1 aromatic heterocycles. The minimum absolute atomic E-state index is 0.122. The quantitative estimate of drug-likeness (QED) is 0.750. The van der Waals surface area contributed by atoms with Crippen molar-refractivity contribution in [2.45, 2.75) is 31.2 Å². The van der Waals surface area contributed by atoms with Gasteiger partial charge in [-0.15, -0.1) is 0 Å². The summed E-state index contributed by atoms with van der Waals surface area (Å²) in [6.45, 7) is 0. The number of aromatic nitrogens is 1. The van der Waals surface area contributed by atoms with Crippen LogP contribution < -0.4 is 0 Å². The van der Waals surface area contributed by atoms with Gasteiger partial charge in [-0.3, -0.25) is 9.78 Å². The summed E-state index contributed by atoms with van der Waals surface area (Å²) >= 11 is 0. The first-order chi connectivity index (χ1) is 12.1. The molecule has 25 heavy (non-hydrogen) atoms. The third kappa shape index (κ3) is 2.91. The molecule has 4 rings (SSSR count). The van der Waals surface area contributed by atoms with Crippen molar-refractivity contribution in [3.8, 4) is 11.8 Å². The van der Waals surface area contributed by atoms with Crippen LogP contribution in [0, 0.1) is 23.6 Å². The Morgan fingerprint density at radius 3 is 2.76 bits per heavy atom. The summed E-state index contributed by atoms with van der Waals surface area (Å²) in [5.41, 5.74) is 2.22. The Labute approximate surface area is 146 Å². The van der Waals surface area contributed by atoms with Gasteiger partial charge in [0.1, 0.15) is 5.82 Å². The van der Waals surface area contributed by atoms with E-state index in [9.17, 15) is 9.18 Å². The zero-order valence-corrected chi connectivity index (χ0v) is 14.1. The lowest BCUT2D eigenvalue weighted by Gasteiger charge is -2.17. The number of halogens is 1. The number of pyridine rings is 1. The van der Waals surface area contributed by atoms with Gasteiger partial charge in [-0.05, 0) is 49.1 Å². The number of hydrogen-bond donors (Lipinski definition) is 0. The number of carbonyl (C=O) groups excluding carboxylic acids is 1. The van der Waals surface area contributed by atoms with Gasteiger partial charge in [0.15, 0.2) is 0 Å². The summed E-state index contributed by atoms with van der Waals surface area (Å²) in [5, 5.41) is 0. The van der Waals surface area contributed by atoms with Crippen molar-refractivity contribution in [3.63, 3.8) is 0 Å². The first-order valence-electron chi connectivity index (χ1n) is 8.64. The third-order valence-electron chi connectivity index (χ3n) is 5.35. The van der Waals surface area contributed by atoms with E-state index in [-0.39, 0.29) is 17.6 Å². The number of rotatable bonds is 1. The number of carbonyl (C=O) groups is 1. The SMILES string of the molecule is CN1C(=O)[C@@H](c2ccc(C#Cc3cccc(F)c3)cn2)[C@@H]2CCCC21. The molecule has 2 fully saturated rings. The second-order valence-corrected chi connectivity index (χ2v) is 6.82. The fourth-order valence-corrected chi connectivity index (χ4v) is 4.12. The van der Waals surface area contributed by atoms with Crippen molar-refractivity contribution in [2.24, 2.45) is 5.92 Å². The summed E-state index contributed by atoms with van der Waals surface area (Å²) in [4.78, 5) is 19.0. The van der Waals surface area contributed by atoms with E-state index in [1.807, 2.05) is 24.1 Å². The van der Waals surface area contributed by atoms with Gasteiger partial charge in [-0.2, -0.15) is 0 Å². The lowest BCUT2D eigenvalue weighted by molar-refractivity contribution is -0.129. The first-order valence-corrected chi connectivity index (χ1v) is 8.64. The molecule has 4 heteroatoms. The summed E-state index contributed by atoms with van der Waals surface area (Å²) in [6.07, 6.45) is 5.08. The average Bonchev–Trinajstić information content (AvgIpc) is 3.17. The fourth-order valence-electron chi connectivity index (χ4n) is 4.12. The number of hydrogen-bond acceptors (Lipinski definition) is 2. The van der Waals surface area contributed by atoms with E-state index in [4.69, 9.17) is 0 Å². The van der Waals surface area contributed by atoms with E-state index in [0.717, 1.165) is 24.1 Å². The molecular weight excluding hydrogens is 315 g/mol. The largest absolute Gasteiger partial charge is 0.342 e. The molecule has 1 aliphatic heterocycles. The Hall–Kier alpha value is -2.67. The highest BCUT2D eigenvalue weighted by Crippen LogP contribution is 2.45. The second kappa shape index (κ2) is 6.33. The Kier molecular flexibility index (Phi) is 4.01. The number of likely N-dealkylation sites (N-methyl/N-ethyl adjacent to an activating group) is 1. The molecule has 0 spiro atoms. The molecule has 126 valence electrons. The predicted molar refractivity (Wildman–Crippen MR) is 93.3 cm³/mol. The predicted octanol–water partition coefficient (Wildman–Crippen LogP) is 3.34. The molecule has 0 radical (unpaired) electrons. The summed E-state index contributed by atoms with van der Waals surface area (Å²) in [5.74, 6) is 6.08. The number of benzene rings is 1. The molecule has 1 amide bonds. The van der Waals surface area contributed by atoms with Crippen molar-refractivity contribution in [1.29, 1.82) is 0 Å². The van der Waals surface area contributed by atoms with E-state index in [2.05, 4.69) is 16.8 Å². The zero-order chi connectivity index (χ0) is 17.4. The maximum atomic E-state index is 13.2. The van der Waals surface area contributed by atoms with Gasteiger partial charge in [-0.25, -0.2) is 4.39 Å². The highest BCUT2D eigenvalue weighted by molar-refractivity contribution is 5.86. The number of likely N-dealkylation sites (tertiary alicyclic amines) is 1. The summed E-state index contributed by atoms with van der Waals surface area (Å²) in [7, 11) is 1.91.